The molecule has 1 unspecified atom stereocenters. The third-order valence-corrected chi connectivity index (χ3v) is 4.39. The second kappa shape index (κ2) is 5.65. The Balaban J connectivity index is 2.18. The highest BCUT2D eigenvalue weighted by Gasteiger charge is 2.23. The maximum Gasteiger partial charge on any atom is 0.254 e. The third-order valence-electron chi connectivity index (χ3n) is 4.39. The summed E-state index contributed by atoms with van der Waals surface area (Å²) in [5, 5.41) is 7.98. The molecule has 0 bridgehead atoms. The smallest absolute Gasteiger partial charge is 0.254 e. The lowest BCUT2D eigenvalue weighted by Gasteiger charge is -2.30. The molecule has 1 atom stereocenters. The van der Waals surface area contributed by atoms with Gasteiger partial charge in [0.25, 0.3) is 5.78 Å². The Kier molecular flexibility index (Phi) is 3.80. The molecule has 0 saturated heterocycles. The van der Waals surface area contributed by atoms with Crippen LogP contribution in [0.2, 0.25) is 0 Å². The van der Waals surface area contributed by atoms with Crippen molar-refractivity contribution >= 4 is 11.6 Å². The molecular formula is C18H23N5. The summed E-state index contributed by atoms with van der Waals surface area (Å²) in [5.41, 5.74) is 3.53. The van der Waals surface area contributed by atoms with Gasteiger partial charge in [-0.15, -0.1) is 0 Å². The zero-order chi connectivity index (χ0) is 16.6. The number of hydrogen-bond acceptors (Lipinski definition) is 4. The average Bonchev–Trinajstić information content (AvgIpc) is 2.96. The van der Waals surface area contributed by atoms with Gasteiger partial charge < -0.3 is 5.32 Å². The van der Waals surface area contributed by atoms with Crippen LogP contribution in [0.4, 0.5) is 5.82 Å². The van der Waals surface area contributed by atoms with E-state index in [9.17, 15) is 0 Å². The van der Waals surface area contributed by atoms with Gasteiger partial charge >= 0.3 is 0 Å². The van der Waals surface area contributed by atoms with Crippen molar-refractivity contribution in [3.05, 3.63) is 42.4 Å². The summed E-state index contributed by atoms with van der Waals surface area (Å²) in [6, 6.07) is 8.58. The second-order valence-corrected chi connectivity index (χ2v) is 7.04. The highest BCUT2D eigenvalue weighted by Crippen LogP contribution is 2.32. The Morgan fingerprint density at radius 2 is 1.83 bits per heavy atom. The summed E-state index contributed by atoms with van der Waals surface area (Å²) in [6.07, 6.45) is 3.42. The van der Waals surface area contributed by atoms with Crippen LogP contribution in [0.1, 0.15) is 33.3 Å². The fourth-order valence-corrected chi connectivity index (χ4v) is 2.41. The number of nitrogens with one attached hydrogen (secondary N) is 1. The highest BCUT2D eigenvalue weighted by atomic mass is 15.4. The topological polar surface area (TPSA) is 55.1 Å². The van der Waals surface area contributed by atoms with E-state index in [4.69, 9.17) is 0 Å². The number of aromatic nitrogens is 4. The van der Waals surface area contributed by atoms with Gasteiger partial charge in [-0.05, 0) is 30.4 Å². The van der Waals surface area contributed by atoms with Crippen molar-refractivity contribution in [3.63, 3.8) is 0 Å². The largest absolute Gasteiger partial charge is 0.366 e. The van der Waals surface area contributed by atoms with Crippen LogP contribution in [0.25, 0.3) is 16.9 Å². The SMILES string of the molecule is Cc1ccccc1-c1cnc2ncnn2c1NC(C)C(C)(C)C. The Morgan fingerprint density at radius 3 is 2.52 bits per heavy atom. The molecule has 0 aliphatic rings. The van der Waals surface area contributed by atoms with Crippen LogP contribution in [0.5, 0.6) is 0 Å². The molecule has 0 radical (unpaired) electrons. The first-order chi connectivity index (χ1) is 10.9. The minimum atomic E-state index is 0.124. The number of anilines is 1. The number of fused-ring (bicyclic) bond motifs is 1. The molecule has 23 heavy (non-hydrogen) atoms. The first-order valence-corrected chi connectivity index (χ1v) is 7.89. The zero-order valence-electron chi connectivity index (χ0n) is 14.3. The van der Waals surface area contributed by atoms with Gasteiger partial charge in [0.1, 0.15) is 12.1 Å². The normalized spacial score (nSPS) is 13.3. The molecule has 1 aromatic carbocycles. The van der Waals surface area contributed by atoms with Crippen LogP contribution in [0.15, 0.2) is 36.8 Å². The number of hydrogen-bond donors (Lipinski definition) is 1. The highest BCUT2D eigenvalue weighted by molar-refractivity contribution is 5.78. The minimum Gasteiger partial charge on any atom is -0.366 e. The van der Waals surface area contributed by atoms with Crippen LogP contribution in [0.3, 0.4) is 0 Å². The zero-order valence-corrected chi connectivity index (χ0v) is 14.3. The predicted molar refractivity (Wildman–Crippen MR) is 93.5 cm³/mol. The number of benzene rings is 1. The lowest BCUT2D eigenvalue weighted by atomic mass is 9.88. The molecule has 0 spiro atoms. The Bertz CT molecular complexity index is 829. The Morgan fingerprint density at radius 1 is 1.09 bits per heavy atom. The lowest BCUT2D eigenvalue weighted by molar-refractivity contribution is 0.358. The van der Waals surface area contributed by atoms with E-state index in [1.54, 1.807) is 4.52 Å². The molecule has 120 valence electrons. The van der Waals surface area contributed by atoms with E-state index in [1.165, 1.54) is 11.9 Å². The van der Waals surface area contributed by atoms with E-state index in [-0.39, 0.29) is 11.5 Å². The number of aryl methyl sites for hydroxylation is 1. The molecule has 0 amide bonds. The molecule has 2 aromatic heterocycles. The summed E-state index contributed by atoms with van der Waals surface area (Å²) >= 11 is 0. The maximum absolute atomic E-state index is 4.44. The minimum absolute atomic E-state index is 0.124. The Hall–Kier alpha value is -2.43. The fourth-order valence-electron chi connectivity index (χ4n) is 2.41. The van der Waals surface area contributed by atoms with Gasteiger partial charge in [0.15, 0.2) is 0 Å². The van der Waals surface area contributed by atoms with Gasteiger partial charge in [-0.1, -0.05) is 45.0 Å². The van der Waals surface area contributed by atoms with Gasteiger partial charge in [0, 0.05) is 17.8 Å². The predicted octanol–water partition coefficient (Wildman–Crippen LogP) is 3.95. The average molecular weight is 309 g/mol. The van der Waals surface area contributed by atoms with E-state index in [2.05, 4.69) is 67.1 Å². The first-order valence-electron chi connectivity index (χ1n) is 7.89. The molecule has 3 rings (SSSR count). The van der Waals surface area contributed by atoms with Crippen molar-refractivity contribution < 1.29 is 0 Å². The Labute approximate surface area is 136 Å². The van der Waals surface area contributed by atoms with Crippen molar-refractivity contribution in [2.24, 2.45) is 5.41 Å². The molecule has 0 aliphatic carbocycles. The van der Waals surface area contributed by atoms with Gasteiger partial charge in [-0.3, -0.25) is 0 Å². The van der Waals surface area contributed by atoms with Crippen LogP contribution >= 0.6 is 0 Å². The summed E-state index contributed by atoms with van der Waals surface area (Å²) in [5.74, 6) is 1.54. The van der Waals surface area contributed by atoms with Crippen molar-refractivity contribution in [3.8, 4) is 11.1 Å². The van der Waals surface area contributed by atoms with Gasteiger partial charge in [0.2, 0.25) is 0 Å². The van der Waals surface area contributed by atoms with E-state index in [0.717, 1.165) is 16.9 Å². The van der Waals surface area contributed by atoms with Crippen molar-refractivity contribution in [1.29, 1.82) is 0 Å². The van der Waals surface area contributed by atoms with E-state index in [0.29, 0.717) is 5.78 Å². The van der Waals surface area contributed by atoms with E-state index in [1.807, 2.05) is 18.3 Å². The van der Waals surface area contributed by atoms with Gasteiger partial charge in [-0.2, -0.15) is 14.6 Å². The maximum atomic E-state index is 4.44. The second-order valence-electron chi connectivity index (χ2n) is 7.04. The van der Waals surface area contributed by atoms with Crippen molar-refractivity contribution in [1.82, 2.24) is 19.6 Å². The molecule has 5 heteroatoms. The van der Waals surface area contributed by atoms with Crippen LogP contribution < -0.4 is 5.32 Å². The molecule has 0 aliphatic heterocycles. The summed E-state index contributed by atoms with van der Waals surface area (Å²) in [6.45, 7) is 11.0. The van der Waals surface area contributed by atoms with E-state index >= 15 is 0 Å². The molecule has 0 fully saturated rings. The van der Waals surface area contributed by atoms with Crippen molar-refractivity contribution in [2.45, 2.75) is 40.7 Å². The van der Waals surface area contributed by atoms with Gasteiger partial charge in [0.05, 0.1) is 0 Å². The first kappa shape index (κ1) is 15.5. The van der Waals surface area contributed by atoms with Crippen LogP contribution in [-0.4, -0.2) is 25.6 Å². The lowest BCUT2D eigenvalue weighted by Crippen LogP contribution is -2.32. The summed E-state index contributed by atoms with van der Waals surface area (Å²) in [4.78, 5) is 8.64. The number of rotatable bonds is 3. The molecule has 5 nitrogen and oxygen atoms in total. The quantitative estimate of drug-likeness (QED) is 0.796. The van der Waals surface area contributed by atoms with Gasteiger partial charge in [-0.25, -0.2) is 4.98 Å². The molecule has 1 N–H and O–H groups in total. The van der Waals surface area contributed by atoms with Crippen LogP contribution in [-0.2, 0) is 0 Å². The van der Waals surface area contributed by atoms with Crippen molar-refractivity contribution in [2.75, 3.05) is 5.32 Å². The third kappa shape index (κ3) is 2.91. The monoisotopic (exact) mass is 309 g/mol. The van der Waals surface area contributed by atoms with E-state index < -0.39 is 0 Å². The standard InChI is InChI=1S/C18H23N5/c1-12-8-6-7-9-14(12)15-10-19-17-20-11-21-23(17)16(15)22-13(2)18(3,4)5/h6-11,13,22H,1-5H3. The molecule has 3 aromatic rings. The number of nitrogens with zero attached hydrogens (tertiary/aromatic N) is 4. The molecule has 2 heterocycles. The molecular weight excluding hydrogens is 286 g/mol. The summed E-state index contributed by atoms with van der Waals surface area (Å²) in [7, 11) is 0. The summed E-state index contributed by atoms with van der Waals surface area (Å²) < 4.78 is 1.78. The van der Waals surface area contributed by atoms with Crippen LogP contribution in [0, 0.1) is 12.3 Å². The molecule has 0 saturated carbocycles. The fraction of sp³-hybridized carbons (Fsp3) is 0.389.